The maximum absolute atomic E-state index is 13.5. The van der Waals surface area contributed by atoms with Gasteiger partial charge in [0.05, 0.1) is 5.02 Å². The topological polar surface area (TPSA) is 26.3 Å². The summed E-state index contributed by atoms with van der Waals surface area (Å²) < 4.78 is 31.8. The molecule has 0 aromatic heterocycles. The summed E-state index contributed by atoms with van der Waals surface area (Å²) in [6.45, 7) is 1.43. The quantitative estimate of drug-likeness (QED) is 0.743. The fourth-order valence-electron chi connectivity index (χ4n) is 1.73. The van der Waals surface area contributed by atoms with Gasteiger partial charge in [0.15, 0.2) is 17.7 Å². The van der Waals surface area contributed by atoms with Crippen LogP contribution in [0.4, 0.5) is 8.78 Å². The van der Waals surface area contributed by atoms with E-state index >= 15 is 0 Å². The van der Waals surface area contributed by atoms with Crippen LogP contribution in [0.5, 0.6) is 5.75 Å². The Bertz CT molecular complexity index is 689. The van der Waals surface area contributed by atoms with Crippen LogP contribution in [0, 0.1) is 11.6 Å². The molecule has 0 heterocycles. The molecule has 2 aromatic carbocycles. The number of hydrogen-bond donors (Lipinski definition) is 0. The van der Waals surface area contributed by atoms with Crippen LogP contribution in [0.2, 0.25) is 10.0 Å². The Hall–Kier alpha value is -1.65. The van der Waals surface area contributed by atoms with Crippen molar-refractivity contribution in [1.82, 2.24) is 0 Å². The number of benzene rings is 2. The predicted octanol–water partition coefficient (Wildman–Crippen LogP) is 4.92. The van der Waals surface area contributed by atoms with Gasteiger partial charge in [0, 0.05) is 10.6 Å². The Morgan fingerprint density at radius 2 is 1.90 bits per heavy atom. The molecule has 1 unspecified atom stereocenters. The maximum Gasteiger partial charge on any atom is 0.204 e. The highest BCUT2D eigenvalue weighted by Gasteiger charge is 2.21. The first-order valence-corrected chi connectivity index (χ1v) is 6.75. The van der Waals surface area contributed by atoms with Gasteiger partial charge in [-0.2, -0.15) is 4.39 Å². The molecule has 21 heavy (non-hydrogen) atoms. The van der Waals surface area contributed by atoms with Crippen LogP contribution in [-0.2, 0) is 0 Å². The molecule has 0 fully saturated rings. The van der Waals surface area contributed by atoms with Crippen molar-refractivity contribution in [2.24, 2.45) is 0 Å². The normalized spacial score (nSPS) is 12.0. The van der Waals surface area contributed by atoms with E-state index in [4.69, 9.17) is 27.9 Å². The zero-order valence-corrected chi connectivity index (χ0v) is 12.4. The lowest BCUT2D eigenvalue weighted by Gasteiger charge is -2.15. The highest BCUT2D eigenvalue weighted by Crippen LogP contribution is 2.25. The van der Waals surface area contributed by atoms with Crippen LogP contribution in [0.25, 0.3) is 0 Å². The van der Waals surface area contributed by atoms with Crippen LogP contribution >= 0.6 is 23.2 Å². The van der Waals surface area contributed by atoms with Gasteiger partial charge in [0.25, 0.3) is 0 Å². The van der Waals surface area contributed by atoms with E-state index in [1.165, 1.54) is 37.3 Å². The van der Waals surface area contributed by atoms with E-state index in [1.807, 2.05) is 0 Å². The lowest BCUT2D eigenvalue weighted by Crippen LogP contribution is -2.24. The lowest BCUT2D eigenvalue weighted by atomic mass is 10.1. The molecule has 0 aliphatic heterocycles. The molecule has 2 aromatic rings. The molecule has 0 spiro atoms. The van der Waals surface area contributed by atoms with Gasteiger partial charge < -0.3 is 4.74 Å². The van der Waals surface area contributed by atoms with Crippen molar-refractivity contribution >= 4 is 29.0 Å². The lowest BCUT2D eigenvalue weighted by molar-refractivity contribution is 0.0811. The zero-order valence-electron chi connectivity index (χ0n) is 10.9. The third kappa shape index (κ3) is 3.52. The Labute approximate surface area is 130 Å². The van der Waals surface area contributed by atoms with E-state index in [9.17, 15) is 13.6 Å². The molecular weight excluding hydrogens is 321 g/mol. The van der Waals surface area contributed by atoms with E-state index in [2.05, 4.69) is 0 Å². The Morgan fingerprint density at radius 3 is 2.57 bits per heavy atom. The van der Waals surface area contributed by atoms with Crippen LogP contribution in [0.3, 0.4) is 0 Å². The van der Waals surface area contributed by atoms with E-state index in [0.29, 0.717) is 5.02 Å². The molecule has 110 valence electrons. The van der Waals surface area contributed by atoms with Crippen molar-refractivity contribution in [1.29, 1.82) is 0 Å². The number of hydrogen-bond acceptors (Lipinski definition) is 2. The van der Waals surface area contributed by atoms with Gasteiger partial charge in [-0.1, -0.05) is 29.3 Å². The molecule has 0 saturated heterocycles. The smallest absolute Gasteiger partial charge is 0.204 e. The summed E-state index contributed by atoms with van der Waals surface area (Å²) >= 11 is 11.7. The summed E-state index contributed by atoms with van der Waals surface area (Å²) in [5, 5.41) is 0.559. The first-order chi connectivity index (χ1) is 9.90. The molecule has 2 rings (SSSR count). The number of ether oxygens (including phenoxy) is 1. The Balaban J connectivity index is 2.21. The molecule has 0 aliphatic rings. The first kappa shape index (κ1) is 15.7. The number of rotatable bonds is 4. The second-order valence-electron chi connectivity index (χ2n) is 4.30. The van der Waals surface area contributed by atoms with Crippen LogP contribution in [0.15, 0.2) is 36.4 Å². The zero-order chi connectivity index (χ0) is 15.6. The fourth-order valence-corrected chi connectivity index (χ4v) is 2.23. The summed E-state index contributed by atoms with van der Waals surface area (Å²) in [7, 11) is 0. The van der Waals surface area contributed by atoms with Crippen molar-refractivity contribution < 1.29 is 18.3 Å². The van der Waals surface area contributed by atoms with E-state index < -0.39 is 23.5 Å². The van der Waals surface area contributed by atoms with E-state index in [0.717, 1.165) is 6.07 Å². The standard InChI is InChI=1S/C15H10Cl2F2O2/c1-8(21-13-4-2-3-12(18)14(13)19)15(20)10-6-5-9(16)7-11(10)17/h2-8H,1H3. The molecule has 0 bridgehead atoms. The number of carbonyl (C=O) groups is 1. The van der Waals surface area contributed by atoms with Crippen molar-refractivity contribution in [2.45, 2.75) is 13.0 Å². The highest BCUT2D eigenvalue weighted by molar-refractivity contribution is 6.37. The summed E-state index contributed by atoms with van der Waals surface area (Å²) in [4.78, 5) is 12.2. The summed E-state index contributed by atoms with van der Waals surface area (Å²) in [5.41, 5.74) is 0.199. The molecule has 0 radical (unpaired) electrons. The largest absolute Gasteiger partial charge is 0.479 e. The third-order valence-electron chi connectivity index (χ3n) is 2.79. The van der Waals surface area contributed by atoms with Gasteiger partial charge in [0.2, 0.25) is 11.6 Å². The summed E-state index contributed by atoms with van der Waals surface area (Å²) in [5.74, 6) is -2.97. The average Bonchev–Trinajstić information content (AvgIpc) is 2.43. The van der Waals surface area contributed by atoms with Gasteiger partial charge >= 0.3 is 0 Å². The minimum Gasteiger partial charge on any atom is -0.479 e. The molecular formula is C15H10Cl2F2O2. The Kier molecular flexibility index (Phi) is 4.80. The molecule has 1 atom stereocenters. The Morgan fingerprint density at radius 1 is 1.19 bits per heavy atom. The molecule has 0 saturated carbocycles. The molecule has 2 nitrogen and oxygen atoms in total. The third-order valence-corrected chi connectivity index (χ3v) is 3.33. The predicted molar refractivity (Wildman–Crippen MR) is 77.2 cm³/mol. The molecule has 0 amide bonds. The van der Waals surface area contributed by atoms with Crippen molar-refractivity contribution in [3.8, 4) is 5.75 Å². The fraction of sp³-hybridized carbons (Fsp3) is 0.133. The van der Waals surface area contributed by atoms with E-state index in [-0.39, 0.29) is 16.3 Å². The number of ketones is 1. The summed E-state index contributed by atoms with van der Waals surface area (Å²) in [6, 6.07) is 7.88. The second kappa shape index (κ2) is 6.41. The molecule has 6 heteroatoms. The first-order valence-electron chi connectivity index (χ1n) is 6.00. The van der Waals surface area contributed by atoms with E-state index in [1.54, 1.807) is 0 Å². The minimum atomic E-state index is -1.14. The van der Waals surface area contributed by atoms with Gasteiger partial charge in [0.1, 0.15) is 0 Å². The van der Waals surface area contributed by atoms with Crippen LogP contribution in [-0.4, -0.2) is 11.9 Å². The van der Waals surface area contributed by atoms with Crippen molar-refractivity contribution in [2.75, 3.05) is 0 Å². The monoisotopic (exact) mass is 330 g/mol. The molecule has 0 N–H and O–H groups in total. The number of halogens is 4. The van der Waals surface area contributed by atoms with Gasteiger partial charge in [-0.3, -0.25) is 4.79 Å². The number of Topliss-reactive ketones (excluding diaryl/α,β-unsaturated/α-hetero) is 1. The number of carbonyl (C=O) groups excluding carboxylic acids is 1. The SMILES string of the molecule is CC(Oc1cccc(F)c1F)C(=O)c1ccc(Cl)cc1Cl. The highest BCUT2D eigenvalue weighted by atomic mass is 35.5. The second-order valence-corrected chi connectivity index (χ2v) is 5.14. The molecule has 0 aliphatic carbocycles. The summed E-state index contributed by atoms with van der Waals surface area (Å²) in [6.07, 6.45) is -1.03. The maximum atomic E-state index is 13.5. The van der Waals surface area contributed by atoms with Crippen LogP contribution < -0.4 is 4.74 Å². The van der Waals surface area contributed by atoms with Gasteiger partial charge in [-0.25, -0.2) is 4.39 Å². The van der Waals surface area contributed by atoms with Gasteiger partial charge in [-0.05, 0) is 37.3 Å². The average molecular weight is 331 g/mol. The van der Waals surface area contributed by atoms with Crippen LogP contribution in [0.1, 0.15) is 17.3 Å². The van der Waals surface area contributed by atoms with Crippen molar-refractivity contribution in [3.05, 3.63) is 63.6 Å². The van der Waals surface area contributed by atoms with Gasteiger partial charge in [-0.15, -0.1) is 0 Å². The minimum absolute atomic E-state index is 0.169. The van der Waals surface area contributed by atoms with Crippen molar-refractivity contribution in [3.63, 3.8) is 0 Å².